The second-order valence-electron chi connectivity index (χ2n) is 5.84. The Balaban J connectivity index is 1.88. The van der Waals surface area contributed by atoms with Crippen molar-refractivity contribution in [2.75, 3.05) is 10.6 Å². The smallest absolute Gasteiger partial charge is 0.259 e. The van der Waals surface area contributed by atoms with Crippen LogP contribution < -0.4 is 10.6 Å². The molecule has 0 bridgehead atoms. The lowest BCUT2D eigenvalue weighted by atomic mass is 10.2. The molecule has 2 aromatic carbocycles. The molecule has 0 radical (unpaired) electrons. The minimum absolute atomic E-state index is 0.0932. The van der Waals surface area contributed by atoms with Gasteiger partial charge in [0.05, 0.1) is 23.1 Å². The summed E-state index contributed by atoms with van der Waals surface area (Å²) in [5.41, 5.74) is 1.02. The molecule has 0 atom stereocenters. The van der Waals surface area contributed by atoms with Crippen LogP contribution in [0.25, 0.3) is 5.69 Å². The van der Waals surface area contributed by atoms with Crippen LogP contribution in [-0.4, -0.2) is 21.6 Å². The maximum Gasteiger partial charge on any atom is 0.259 e. The Morgan fingerprint density at radius 3 is 2.48 bits per heavy atom. The van der Waals surface area contributed by atoms with E-state index >= 15 is 0 Å². The lowest BCUT2D eigenvalue weighted by molar-refractivity contribution is -0.114. The first kappa shape index (κ1) is 18.2. The summed E-state index contributed by atoms with van der Waals surface area (Å²) in [5, 5.41) is 9.02. The van der Waals surface area contributed by atoms with Crippen LogP contribution >= 0.6 is 0 Å². The van der Waals surface area contributed by atoms with Crippen molar-refractivity contribution in [2.45, 2.75) is 13.8 Å². The monoisotopic (exact) mass is 370 g/mol. The van der Waals surface area contributed by atoms with Crippen molar-refractivity contribution in [1.82, 2.24) is 9.78 Å². The van der Waals surface area contributed by atoms with Gasteiger partial charge in [-0.05, 0) is 37.3 Å². The molecule has 2 N–H and O–H groups in total. The van der Waals surface area contributed by atoms with Crippen LogP contribution in [0, 0.1) is 18.6 Å². The molecule has 3 aromatic rings. The third-order valence-corrected chi connectivity index (χ3v) is 3.87. The zero-order valence-electron chi connectivity index (χ0n) is 14.6. The minimum atomic E-state index is -0.656. The van der Waals surface area contributed by atoms with Crippen molar-refractivity contribution >= 4 is 23.2 Å². The number of carbonyl (C=O) groups excluding carboxylic acids is 2. The highest BCUT2D eigenvalue weighted by atomic mass is 19.1. The van der Waals surface area contributed by atoms with Gasteiger partial charge in [0, 0.05) is 12.6 Å². The average Bonchev–Trinajstić information content (AvgIpc) is 2.99. The number of hydrogen-bond acceptors (Lipinski definition) is 3. The summed E-state index contributed by atoms with van der Waals surface area (Å²) >= 11 is 0. The first-order chi connectivity index (χ1) is 12.9. The highest BCUT2D eigenvalue weighted by Crippen LogP contribution is 2.22. The van der Waals surface area contributed by atoms with Gasteiger partial charge in [-0.3, -0.25) is 9.59 Å². The van der Waals surface area contributed by atoms with Gasteiger partial charge in [-0.25, -0.2) is 13.5 Å². The summed E-state index contributed by atoms with van der Waals surface area (Å²) in [5.74, 6) is -2.06. The molecule has 0 aliphatic heterocycles. The maximum absolute atomic E-state index is 14.0. The number of amides is 2. The van der Waals surface area contributed by atoms with Crippen LogP contribution in [0.3, 0.4) is 0 Å². The number of benzene rings is 2. The van der Waals surface area contributed by atoms with Gasteiger partial charge < -0.3 is 10.6 Å². The molecule has 6 nitrogen and oxygen atoms in total. The van der Waals surface area contributed by atoms with Crippen molar-refractivity contribution in [3.8, 4) is 5.69 Å². The Labute approximate surface area is 153 Å². The normalized spacial score (nSPS) is 10.5. The molecular formula is C19H16F2N4O2. The van der Waals surface area contributed by atoms with Crippen LogP contribution in [-0.2, 0) is 4.79 Å². The van der Waals surface area contributed by atoms with E-state index in [1.54, 1.807) is 19.1 Å². The summed E-state index contributed by atoms with van der Waals surface area (Å²) < 4.78 is 29.3. The highest BCUT2D eigenvalue weighted by Gasteiger charge is 2.18. The molecular weight excluding hydrogens is 354 g/mol. The standard InChI is InChI=1S/C19H16F2N4O2/c1-11-14(10-22-25(11)18-6-4-3-5-16(18)21)19(27)24-17-9-13(23-12(2)26)7-8-15(17)20/h3-10H,1-2H3,(H,23,26)(H,24,27). The molecule has 8 heteroatoms. The first-order valence-electron chi connectivity index (χ1n) is 8.05. The van der Waals surface area contributed by atoms with Crippen molar-refractivity contribution in [2.24, 2.45) is 0 Å². The van der Waals surface area contributed by atoms with E-state index in [0.29, 0.717) is 11.4 Å². The number of para-hydroxylation sites is 1. The van der Waals surface area contributed by atoms with E-state index in [9.17, 15) is 18.4 Å². The maximum atomic E-state index is 14.0. The van der Waals surface area contributed by atoms with Gasteiger partial charge in [0.1, 0.15) is 17.3 Å². The number of carbonyl (C=O) groups is 2. The Morgan fingerprint density at radius 1 is 1.04 bits per heavy atom. The Kier molecular flexibility index (Phi) is 4.98. The van der Waals surface area contributed by atoms with Crippen molar-refractivity contribution in [1.29, 1.82) is 0 Å². The topological polar surface area (TPSA) is 76.0 Å². The average molecular weight is 370 g/mol. The minimum Gasteiger partial charge on any atom is -0.326 e. The highest BCUT2D eigenvalue weighted by molar-refractivity contribution is 6.05. The fourth-order valence-corrected chi connectivity index (χ4v) is 2.59. The number of nitrogens with zero attached hydrogens (tertiary/aromatic N) is 2. The van der Waals surface area contributed by atoms with Gasteiger partial charge in [-0.1, -0.05) is 12.1 Å². The number of anilines is 2. The number of nitrogens with one attached hydrogen (secondary N) is 2. The van der Waals surface area contributed by atoms with Crippen LogP contribution in [0.5, 0.6) is 0 Å². The Hall–Kier alpha value is -3.55. The van der Waals surface area contributed by atoms with E-state index < -0.39 is 17.5 Å². The molecule has 0 fully saturated rings. The molecule has 0 saturated carbocycles. The van der Waals surface area contributed by atoms with Gasteiger partial charge in [0.2, 0.25) is 5.91 Å². The SMILES string of the molecule is CC(=O)Nc1ccc(F)c(NC(=O)c2cnn(-c3ccccc3F)c2C)c1. The summed E-state index contributed by atoms with van der Waals surface area (Å²) in [6.07, 6.45) is 1.28. The van der Waals surface area contributed by atoms with Crippen molar-refractivity contribution in [3.63, 3.8) is 0 Å². The predicted molar refractivity (Wildman–Crippen MR) is 96.9 cm³/mol. The summed E-state index contributed by atoms with van der Waals surface area (Å²) in [4.78, 5) is 23.7. The Morgan fingerprint density at radius 2 is 1.78 bits per heavy atom. The lowest BCUT2D eigenvalue weighted by Gasteiger charge is -2.10. The second kappa shape index (κ2) is 7.36. The molecule has 3 rings (SSSR count). The molecule has 2 amide bonds. The third kappa shape index (κ3) is 3.84. The fraction of sp³-hybridized carbons (Fsp3) is 0.105. The van der Waals surface area contributed by atoms with Crippen LogP contribution in [0.4, 0.5) is 20.2 Å². The molecule has 0 spiro atoms. The van der Waals surface area contributed by atoms with Gasteiger partial charge in [0.25, 0.3) is 5.91 Å². The van der Waals surface area contributed by atoms with E-state index in [-0.39, 0.29) is 22.8 Å². The first-order valence-corrected chi connectivity index (χ1v) is 8.05. The molecule has 27 heavy (non-hydrogen) atoms. The van der Waals surface area contributed by atoms with Gasteiger partial charge in [-0.2, -0.15) is 5.10 Å². The second-order valence-corrected chi connectivity index (χ2v) is 5.84. The molecule has 0 aliphatic carbocycles. The summed E-state index contributed by atoms with van der Waals surface area (Å²) in [6.45, 7) is 2.93. The molecule has 1 heterocycles. The molecule has 0 aliphatic rings. The van der Waals surface area contributed by atoms with Crippen LogP contribution in [0.15, 0.2) is 48.7 Å². The zero-order valence-corrected chi connectivity index (χ0v) is 14.6. The molecule has 0 saturated heterocycles. The number of hydrogen-bond donors (Lipinski definition) is 2. The predicted octanol–water partition coefficient (Wildman–Crippen LogP) is 3.67. The Bertz CT molecular complexity index is 1030. The van der Waals surface area contributed by atoms with E-state index in [2.05, 4.69) is 15.7 Å². The number of halogens is 2. The molecule has 138 valence electrons. The molecule has 1 aromatic heterocycles. The third-order valence-electron chi connectivity index (χ3n) is 3.87. The van der Waals surface area contributed by atoms with Crippen LogP contribution in [0.1, 0.15) is 23.0 Å². The van der Waals surface area contributed by atoms with E-state index in [1.807, 2.05) is 0 Å². The lowest BCUT2D eigenvalue weighted by Crippen LogP contribution is -2.15. The van der Waals surface area contributed by atoms with Crippen LogP contribution in [0.2, 0.25) is 0 Å². The van der Waals surface area contributed by atoms with Gasteiger partial charge >= 0.3 is 0 Å². The molecule has 0 unspecified atom stereocenters. The van der Waals surface area contributed by atoms with Gasteiger partial charge in [-0.15, -0.1) is 0 Å². The summed E-state index contributed by atoms with van der Waals surface area (Å²) in [6, 6.07) is 9.86. The van der Waals surface area contributed by atoms with Crippen molar-refractivity contribution in [3.05, 3.63) is 71.6 Å². The quantitative estimate of drug-likeness (QED) is 0.736. The summed E-state index contributed by atoms with van der Waals surface area (Å²) in [7, 11) is 0. The number of rotatable bonds is 4. The fourth-order valence-electron chi connectivity index (χ4n) is 2.59. The zero-order chi connectivity index (χ0) is 19.6. The van der Waals surface area contributed by atoms with E-state index in [0.717, 1.165) is 6.07 Å². The van der Waals surface area contributed by atoms with Crippen molar-refractivity contribution < 1.29 is 18.4 Å². The largest absolute Gasteiger partial charge is 0.326 e. The van der Waals surface area contributed by atoms with E-state index in [4.69, 9.17) is 0 Å². The number of aromatic nitrogens is 2. The van der Waals surface area contributed by atoms with Gasteiger partial charge in [0.15, 0.2) is 0 Å². The van der Waals surface area contributed by atoms with E-state index in [1.165, 1.54) is 42.1 Å².